The first-order valence-corrected chi connectivity index (χ1v) is 9.39. The fourth-order valence-corrected chi connectivity index (χ4v) is 3.35. The van der Waals surface area contributed by atoms with Crippen LogP contribution >= 0.6 is 11.8 Å². The molecule has 1 saturated heterocycles. The van der Waals surface area contributed by atoms with Crippen LogP contribution in [0.15, 0.2) is 53.4 Å². The zero-order chi connectivity index (χ0) is 21.7. The minimum Gasteiger partial charge on any atom is -0.481 e. The molecule has 0 aliphatic carbocycles. The summed E-state index contributed by atoms with van der Waals surface area (Å²) < 4.78 is 18.1. The van der Waals surface area contributed by atoms with Gasteiger partial charge in [-0.05, 0) is 48.2 Å². The molecule has 2 aromatic rings. The van der Waals surface area contributed by atoms with E-state index in [1.54, 1.807) is 18.2 Å². The number of aliphatic carboxylic acids is 1. The maximum Gasteiger partial charge on any atom is 0.341 e. The topological polar surface area (TPSA) is 113 Å². The van der Waals surface area contributed by atoms with E-state index in [0.717, 1.165) is 4.90 Å². The lowest BCUT2D eigenvalue weighted by Crippen LogP contribution is -2.36. The average Bonchev–Trinajstić information content (AvgIpc) is 2.96. The lowest BCUT2D eigenvalue weighted by Gasteiger charge is -2.12. The van der Waals surface area contributed by atoms with Crippen molar-refractivity contribution in [2.45, 2.75) is 0 Å². The molecule has 1 fully saturated rings. The van der Waals surface area contributed by atoms with Crippen LogP contribution in [0.2, 0.25) is 0 Å². The molecule has 0 aromatic heterocycles. The standard InChI is InChI=1S/C20H15FN2O6S/c21-13-5-7-14(8-6-13)22-17(24)10-23-19(27)16(30-20(23)28)9-12-3-1-2-4-15(12)29-11-18(25)26/h1-9H,10-11H2,(H,22,24)(H,25,26)/b16-9-. The second-order valence-corrected chi connectivity index (χ2v) is 7.04. The Kier molecular flexibility index (Phi) is 6.48. The molecule has 3 amide bonds. The second-order valence-electron chi connectivity index (χ2n) is 6.04. The Morgan fingerprint density at radius 1 is 1.13 bits per heavy atom. The number of thioether (sulfide) groups is 1. The molecule has 8 nitrogen and oxygen atoms in total. The lowest BCUT2D eigenvalue weighted by atomic mass is 10.2. The summed E-state index contributed by atoms with van der Waals surface area (Å²) in [5.41, 5.74) is 0.744. The molecule has 2 N–H and O–H groups in total. The van der Waals surface area contributed by atoms with Crippen LogP contribution in [-0.2, 0) is 14.4 Å². The minimum absolute atomic E-state index is 0.0703. The number of benzene rings is 2. The van der Waals surface area contributed by atoms with Gasteiger partial charge in [0.1, 0.15) is 18.1 Å². The highest BCUT2D eigenvalue weighted by Gasteiger charge is 2.36. The lowest BCUT2D eigenvalue weighted by molar-refractivity contribution is -0.139. The van der Waals surface area contributed by atoms with Crippen molar-refractivity contribution in [2.24, 2.45) is 0 Å². The monoisotopic (exact) mass is 430 g/mol. The molecule has 0 radical (unpaired) electrons. The van der Waals surface area contributed by atoms with Gasteiger partial charge in [-0.25, -0.2) is 9.18 Å². The molecule has 0 atom stereocenters. The van der Waals surface area contributed by atoms with E-state index >= 15 is 0 Å². The highest BCUT2D eigenvalue weighted by atomic mass is 32.2. The van der Waals surface area contributed by atoms with Crippen LogP contribution in [0.4, 0.5) is 14.9 Å². The van der Waals surface area contributed by atoms with E-state index in [1.165, 1.54) is 36.4 Å². The number of anilines is 1. The summed E-state index contributed by atoms with van der Waals surface area (Å²) in [5.74, 6) is -2.66. The van der Waals surface area contributed by atoms with Crippen LogP contribution in [0.3, 0.4) is 0 Å². The highest BCUT2D eigenvalue weighted by molar-refractivity contribution is 8.18. The maximum atomic E-state index is 12.9. The van der Waals surface area contributed by atoms with Gasteiger partial charge < -0.3 is 15.2 Å². The first-order chi connectivity index (χ1) is 14.3. The number of rotatable bonds is 7. The van der Waals surface area contributed by atoms with Gasteiger partial charge >= 0.3 is 5.97 Å². The quantitative estimate of drug-likeness (QED) is 0.650. The third kappa shape index (κ3) is 5.23. The number of carbonyl (C=O) groups is 4. The zero-order valence-electron chi connectivity index (χ0n) is 15.3. The smallest absolute Gasteiger partial charge is 0.341 e. The molecule has 3 rings (SSSR count). The van der Waals surface area contributed by atoms with Crippen LogP contribution in [-0.4, -0.2) is 46.2 Å². The van der Waals surface area contributed by atoms with E-state index in [4.69, 9.17) is 9.84 Å². The van der Waals surface area contributed by atoms with Crippen molar-refractivity contribution in [2.75, 3.05) is 18.5 Å². The molecule has 0 spiro atoms. The number of carbonyl (C=O) groups excluding carboxylic acids is 3. The summed E-state index contributed by atoms with van der Waals surface area (Å²) in [4.78, 5) is 48.5. The van der Waals surface area contributed by atoms with Crippen LogP contribution in [0, 0.1) is 5.82 Å². The molecule has 154 valence electrons. The number of carboxylic acids is 1. The Balaban J connectivity index is 1.71. The predicted molar refractivity (Wildman–Crippen MR) is 107 cm³/mol. The molecule has 1 aliphatic heterocycles. The van der Waals surface area contributed by atoms with Crippen molar-refractivity contribution in [3.63, 3.8) is 0 Å². The Hall–Kier alpha value is -3.66. The summed E-state index contributed by atoms with van der Waals surface area (Å²) in [7, 11) is 0. The van der Waals surface area contributed by atoms with Crippen LogP contribution in [0.25, 0.3) is 6.08 Å². The summed E-state index contributed by atoms with van der Waals surface area (Å²) in [6.45, 7) is -1.06. The van der Waals surface area contributed by atoms with Gasteiger partial charge in [-0.2, -0.15) is 0 Å². The van der Waals surface area contributed by atoms with Gasteiger partial charge in [0, 0.05) is 11.3 Å². The first kappa shape index (κ1) is 21.1. The van der Waals surface area contributed by atoms with Crippen molar-refractivity contribution >= 4 is 46.5 Å². The van der Waals surface area contributed by atoms with Crippen molar-refractivity contribution in [1.82, 2.24) is 4.90 Å². The molecule has 1 heterocycles. The first-order valence-electron chi connectivity index (χ1n) is 8.58. The third-order valence-corrected chi connectivity index (χ3v) is 4.77. The number of carboxylic acid groups (broad SMARTS) is 1. The van der Waals surface area contributed by atoms with Crippen LogP contribution in [0.1, 0.15) is 5.56 Å². The number of para-hydroxylation sites is 1. The van der Waals surface area contributed by atoms with Gasteiger partial charge in [0.15, 0.2) is 6.61 Å². The van der Waals surface area contributed by atoms with E-state index in [2.05, 4.69) is 5.32 Å². The van der Waals surface area contributed by atoms with E-state index in [0.29, 0.717) is 23.0 Å². The van der Waals surface area contributed by atoms with Crippen LogP contribution < -0.4 is 10.1 Å². The number of hydrogen-bond donors (Lipinski definition) is 2. The number of amides is 3. The van der Waals surface area contributed by atoms with E-state index in [1.807, 2.05) is 0 Å². The minimum atomic E-state index is -1.16. The summed E-state index contributed by atoms with van der Waals surface area (Å²) >= 11 is 0.657. The van der Waals surface area contributed by atoms with Gasteiger partial charge in [0.2, 0.25) is 5.91 Å². The Morgan fingerprint density at radius 3 is 2.53 bits per heavy atom. The number of nitrogens with zero attached hydrogens (tertiary/aromatic N) is 1. The van der Waals surface area contributed by atoms with Gasteiger partial charge in [-0.15, -0.1) is 0 Å². The molecule has 30 heavy (non-hydrogen) atoms. The number of hydrogen-bond acceptors (Lipinski definition) is 6. The number of imide groups is 1. The Bertz CT molecular complexity index is 1040. The number of halogens is 1. The van der Waals surface area contributed by atoms with Crippen molar-refractivity contribution in [3.05, 3.63) is 64.8 Å². The van der Waals surface area contributed by atoms with Gasteiger partial charge in [-0.1, -0.05) is 18.2 Å². The molecular weight excluding hydrogens is 415 g/mol. The molecule has 0 saturated carbocycles. The van der Waals surface area contributed by atoms with E-state index in [-0.39, 0.29) is 10.7 Å². The molecular formula is C20H15FN2O6S. The largest absolute Gasteiger partial charge is 0.481 e. The predicted octanol–water partition coefficient (Wildman–Crippen LogP) is 2.96. The molecule has 0 unspecified atom stereocenters. The van der Waals surface area contributed by atoms with Gasteiger partial charge in [0.25, 0.3) is 11.1 Å². The maximum absolute atomic E-state index is 12.9. The Labute approximate surface area is 174 Å². The van der Waals surface area contributed by atoms with Crippen molar-refractivity contribution in [3.8, 4) is 5.75 Å². The summed E-state index contributed by atoms with van der Waals surface area (Å²) in [6, 6.07) is 11.5. The van der Waals surface area contributed by atoms with Crippen molar-refractivity contribution < 1.29 is 33.4 Å². The highest BCUT2D eigenvalue weighted by Crippen LogP contribution is 2.33. The van der Waals surface area contributed by atoms with Gasteiger partial charge in [0.05, 0.1) is 4.91 Å². The van der Waals surface area contributed by atoms with Crippen molar-refractivity contribution in [1.29, 1.82) is 0 Å². The average molecular weight is 430 g/mol. The zero-order valence-corrected chi connectivity index (χ0v) is 16.1. The fourth-order valence-electron chi connectivity index (χ4n) is 2.53. The van der Waals surface area contributed by atoms with E-state index < -0.39 is 42.0 Å². The molecule has 2 aromatic carbocycles. The Morgan fingerprint density at radius 2 is 1.83 bits per heavy atom. The normalized spacial score (nSPS) is 14.8. The van der Waals surface area contributed by atoms with Gasteiger partial charge in [-0.3, -0.25) is 19.3 Å². The second kappa shape index (κ2) is 9.23. The summed E-state index contributed by atoms with van der Waals surface area (Å²) in [5, 5.41) is 10.6. The SMILES string of the molecule is O=C(O)COc1ccccc1/C=C1\SC(=O)N(CC(=O)Nc2ccc(F)cc2)C1=O. The third-order valence-electron chi connectivity index (χ3n) is 3.86. The number of ether oxygens (including phenoxy) is 1. The van der Waals surface area contributed by atoms with E-state index in [9.17, 15) is 23.6 Å². The fraction of sp³-hybridized carbons (Fsp3) is 0.100. The molecule has 10 heteroatoms. The summed E-state index contributed by atoms with van der Waals surface area (Å²) in [6.07, 6.45) is 1.40. The molecule has 0 bridgehead atoms. The van der Waals surface area contributed by atoms with Crippen LogP contribution in [0.5, 0.6) is 5.75 Å². The molecule has 1 aliphatic rings. The number of nitrogens with one attached hydrogen (secondary N) is 1.